The van der Waals surface area contributed by atoms with Gasteiger partial charge in [-0.2, -0.15) is 0 Å². The van der Waals surface area contributed by atoms with Crippen molar-refractivity contribution in [3.05, 3.63) is 34.8 Å². The molecule has 42 heavy (non-hydrogen) atoms. The normalized spacial score (nSPS) is 41.5. The Balaban J connectivity index is 1.57. The Labute approximate surface area is 252 Å². The van der Waals surface area contributed by atoms with E-state index < -0.39 is 10.8 Å². The lowest BCUT2D eigenvalue weighted by molar-refractivity contribution is -0.172. The van der Waals surface area contributed by atoms with E-state index in [2.05, 4.69) is 44.8 Å². The van der Waals surface area contributed by atoms with Crippen molar-refractivity contribution in [2.24, 2.45) is 50.2 Å². The molecule has 0 saturated heterocycles. The Morgan fingerprint density at radius 2 is 1.67 bits per heavy atom. The Kier molecular flexibility index (Phi) is 7.16. The van der Waals surface area contributed by atoms with E-state index in [1.807, 2.05) is 26.0 Å². The van der Waals surface area contributed by atoms with Gasteiger partial charge in [-0.3, -0.25) is 14.4 Å². The first-order valence-electron chi connectivity index (χ1n) is 16.0. The summed E-state index contributed by atoms with van der Waals surface area (Å²) in [5.74, 6) is 0.118. The van der Waals surface area contributed by atoms with Crippen LogP contribution in [0, 0.1) is 56.8 Å². The minimum absolute atomic E-state index is 0.0428. The largest absolute Gasteiger partial charge is 0.349 e. The van der Waals surface area contributed by atoms with E-state index in [-0.39, 0.29) is 74.9 Å². The highest BCUT2D eigenvalue weighted by Crippen LogP contribution is 2.75. The molecule has 0 bridgehead atoms. The summed E-state index contributed by atoms with van der Waals surface area (Å²) >= 11 is 0. The number of hydrogen-bond donors (Lipinski definition) is 1. The van der Waals surface area contributed by atoms with Crippen LogP contribution in [0.25, 0.3) is 4.85 Å². The standard InChI is InChI=1S/C36H50N2O4/c1-22(39)38-21-23(40)10-13-36-16-14-31(2,3)19-24(36)29-26(41)18-28-33(6)20-25(37-9)30(42)32(4,5)27(33)11-12-34(28,7)35(29,8)15-17-36/h18,20,24,27,29H,10-17,19,21H2,1-8H3,(H,38,39)/t24-,27-,29-,33-,34+,35+,36+/m0/s1. The highest BCUT2D eigenvalue weighted by atomic mass is 16.2. The third-order valence-electron chi connectivity index (χ3n) is 13.5. The zero-order valence-electron chi connectivity index (χ0n) is 27.0. The van der Waals surface area contributed by atoms with Crippen LogP contribution < -0.4 is 5.32 Å². The van der Waals surface area contributed by atoms with E-state index in [9.17, 15) is 19.2 Å². The molecule has 5 rings (SSSR count). The molecule has 0 aliphatic heterocycles. The molecular formula is C36H50N2O4. The van der Waals surface area contributed by atoms with Crippen molar-refractivity contribution in [3.8, 4) is 0 Å². The Morgan fingerprint density at radius 3 is 2.31 bits per heavy atom. The number of nitrogens with one attached hydrogen (secondary N) is 1. The van der Waals surface area contributed by atoms with Crippen molar-refractivity contribution in [2.75, 3.05) is 6.54 Å². The molecule has 6 heteroatoms. The second-order valence-electron chi connectivity index (χ2n) is 16.5. The summed E-state index contributed by atoms with van der Waals surface area (Å²) in [6, 6.07) is 0. The molecule has 5 aliphatic rings. The molecule has 3 fully saturated rings. The fraction of sp³-hybridized carbons (Fsp3) is 0.750. The maximum absolute atomic E-state index is 14.6. The lowest BCUT2D eigenvalue weighted by Crippen LogP contribution is -2.64. The molecule has 1 N–H and O–H groups in total. The fourth-order valence-electron chi connectivity index (χ4n) is 10.8. The number of carbonyl (C=O) groups is 4. The van der Waals surface area contributed by atoms with Crippen molar-refractivity contribution >= 4 is 23.3 Å². The van der Waals surface area contributed by atoms with E-state index in [1.165, 1.54) is 6.92 Å². The predicted octanol–water partition coefficient (Wildman–Crippen LogP) is 7.04. The number of rotatable bonds is 5. The molecular weight excluding hydrogens is 524 g/mol. The number of fused-ring (bicyclic) bond motifs is 7. The molecule has 228 valence electrons. The lowest BCUT2D eigenvalue weighted by Gasteiger charge is -2.69. The van der Waals surface area contributed by atoms with Crippen LogP contribution in [0.2, 0.25) is 0 Å². The van der Waals surface area contributed by atoms with Gasteiger partial charge in [-0.25, -0.2) is 4.85 Å². The van der Waals surface area contributed by atoms with Gasteiger partial charge in [0.2, 0.25) is 11.6 Å². The zero-order chi connectivity index (χ0) is 31.1. The molecule has 0 aromatic carbocycles. The van der Waals surface area contributed by atoms with Gasteiger partial charge in [0, 0.05) is 30.1 Å². The van der Waals surface area contributed by atoms with E-state index in [0.717, 1.165) is 56.9 Å². The smallest absolute Gasteiger partial charge is 0.226 e. The third kappa shape index (κ3) is 4.31. The molecule has 0 spiro atoms. The lowest BCUT2D eigenvalue weighted by atomic mass is 9.34. The number of nitrogens with zero attached hydrogens (tertiary/aromatic N) is 1. The predicted molar refractivity (Wildman–Crippen MR) is 163 cm³/mol. The SMILES string of the molecule is [C-]#[N+]C1=C[C@]2(C)C3=CC(=O)[C@@H]4[C@@H]5CC(C)(C)CC[C@]5(CCC(=O)CNC(C)=O)CC[C@@]4(C)[C@]3(C)CC[C@H]2C(C)(C)C1=O. The maximum atomic E-state index is 14.6. The summed E-state index contributed by atoms with van der Waals surface area (Å²) in [7, 11) is 0. The summed E-state index contributed by atoms with van der Waals surface area (Å²) in [6.45, 7) is 24.8. The summed E-state index contributed by atoms with van der Waals surface area (Å²) in [4.78, 5) is 55.8. The summed E-state index contributed by atoms with van der Waals surface area (Å²) < 4.78 is 0. The van der Waals surface area contributed by atoms with Crippen molar-refractivity contribution in [1.29, 1.82) is 0 Å². The van der Waals surface area contributed by atoms with Crippen LogP contribution in [0.5, 0.6) is 0 Å². The highest BCUT2D eigenvalue weighted by Gasteiger charge is 2.69. The van der Waals surface area contributed by atoms with Gasteiger partial charge in [-0.05, 0) is 90.9 Å². The van der Waals surface area contributed by atoms with E-state index >= 15 is 0 Å². The van der Waals surface area contributed by atoms with Crippen LogP contribution >= 0.6 is 0 Å². The molecule has 0 aromatic rings. The minimum Gasteiger partial charge on any atom is -0.349 e. The first-order valence-corrected chi connectivity index (χ1v) is 16.0. The summed E-state index contributed by atoms with van der Waals surface area (Å²) in [6.07, 6.45) is 11.9. The maximum Gasteiger partial charge on any atom is 0.226 e. The number of amides is 1. The molecule has 0 unspecified atom stereocenters. The van der Waals surface area contributed by atoms with Gasteiger partial charge in [0.1, 0.15) is 0 Å². The van der Waals surface area contributed by atoms with Gasteiger partial charge in [0.05, 0.1) is 13.1 Å². The topological polar surface area (TPSA) is 84.7 Å². The molecule has 5 aliphatic carbocycles. The Morgan fingerprint density at radius 1 is 1.00 bits per heavy atom. The average Bonchev–Trinajstić information content (AvgIpc) is 2.90. The second-order valence-corrected chi connectivity index (χ2v) is 16.5. The molecule has 0 radical (unpaired) electrons. The van der Waals surface area contributed by atoms with E-state index in [1.54, 1.807) is 0 Å². The highest BCUT2D eigenvalue weighted by molar-refractivity contribution is 6.03. The number of carbonyl (C=O) groups excluding carboxylic acids is 4. The number of ketones is 3. The number of hydrogen-bond acceptors (Lipinski definition) is 4. The minimum atomic E-state index is -0.661. The monoisotopic (exact) mass is 574 g/mol. The Hall–Kier alpha value is -2.55. The van der Waals surface area contributed by atoms with Crippen LogP contribution in [0.3, 0.4) is 0 Å². The van der Waals surface area contributed by atoms with Crippen molar-refractivity contribution in [1.82, 2.24) is 5.32 Å². The zero-order valence-corrected chi connectivity index (χ0v) is 27.0. The molecule has 3 saturated carbocycles. The first-order chi connectivity index (χ1) is 19.4. The quantitative estimate of drug-likeness (QED) is 0.357. The Bertz CT molecular complexity index is 1350. The molecule has 6 nitrogen and oxygen atoms in total. The summed E-state index contributed by atoms with van der Waals surface area (Å²) in [5, 5.41) is 2.66. The van der Waals surface area contributed by atoms with Gasteiger partial charge < -0.3 is 10.1 Å². The van der Waals surface area contributed by atoms with Crippen LogP contribution in [-0.2, 0) is 19.2 Å². The van der Waals surface area contributed by atoms with Crippen molar-refractivity contribution in [3.63, 3.8) is 0 Å². The van der Waals surface area contributed by atoms with Crippen LogP contribution in [0.4, 0.5) is 0 Å². The van der Waals surface area contributed by atoms with Crippen molar-refractivity contribution in [2.45, 2.75) is 113 Å². The summed E-state index contributed by atoms with van der Waals surface area (Å²) in [5.41, 5.74) is -0.249. The number of allylic oxidation sites excluding steroid dienone is 4. The molecule has 7 atom stereocenters. The average molecular weight is 575 g/mol. The van der Waals surface area contributed by atoms with Gasteiger partial charge in [-0.1, -0.05) is 60.1 Å². The van der Waals surface area contributed by atoms with Gasteiger partial charge >= 0.3 is 0 Å². The second kappa shape index (κ2) is 9.73. The third-order valence-corrected chi connectivity index (χ3v) is 13.5. The van der Waals surface area contributed by atoms with Crippen LogP contribution in [-0.4, -0.2) is 29.8 Å². The first kappa shape index (κ1) is 30.9. The van der Waals surface area contributed by atoms with Gasteiger partial charge in [-0.15, -0.1) is 0 Å². The van der Waals surface area contributed by atoms with E-state index in [0.29, 0.717) is 6.42 Å². The van der Waals surface area contributed by atoms with Gasteiger partial charge in [0.25, 0.3) is 0 Å². The molecule has 0 heterocycles. The van der Waals surface area contributed by atoms with Crippen LogP contribution in [0.1, 0.15) is 113 Å². The fourth-order valence-corrected chi connectivity index (χ4v) is 10.8. The molecule has 1 amide bonds. The van der Waals surface area contributed by atoms with Crippen molar-refractivity contribution < 1.29 is 19.2 Å². The van der Waals surface area contributed by atoms with Crippen LogP contribution in [0.15, 0.2) is 23.4 Å². The van der Waals surface area contributed by atoms with E-state index in [4.69, 9.17) is 6.57 Å². The molecule has 0 aromatic heterocycles. The van der Waals surface area contributed by atoms with Gasteiger partial charge in [0.15, 0.2) is 17.3 Å². The number of Topliss-reactive ketones (excluding diaryl/α,β-unsaturated/α-hetero) is 2.